The highest BCUT2D eigenvalue weighted by molar-refractivity contribution is 5.80. The van der Waals surface area contributed by atoms with Crippen LogP contribution in [0.3, 0.4) is 0 Å². The van der Waals surface area contributed by atoms with E-state index >= 15 is 0 Å². The lowest BCUT2D eigenvalue weighted by Crippen LogP contribution is -1.93. The average molecular weight is 196 g/mol. The van der Waals surface area contributed by atoms with Crippen molar-refractivity contribution in [2.45, 2.75) is 13.8 Å². The Morgan fingerprint density at radius 1 is 1.33 bits per heavy atom. The van der Waals surface area contributed by atoms with Gasteiger partial charge in [-0.25, -0.2) is 4.98 Å². The van der Waals surface area contributed by atoms with Gasteiger partial charge in [0.15, 0.2) is 0 Å². The molecular weight excluding hydrogens is 184 g/mol. The van der Waals surface area contributed by atoms with Crippen molar-refractivity contribution in [1.82, 2.24) is 9.55 Å². The molecule has 0 unspecified atom stereocenters. The highest BCUT2D eigenvalue weighted by Crippen LogP contribution is 2.35. The molecular formula is C13H12N2. The van der Waals surface area contributed by atoms with Crippen molar-refractivity contribution in [2.24, 2.45) is 0 Å². The number of terminal acetylenes is 1. The second kappa shape index (κ2) is 3.62. The van der Waals surface area contributed by atoms with Crippen LogP contribution in [0.4, 0.5) is 0 Å². The summed E-state index contributed by atoms with van der Waals surface area (Å²) in [6.45, 7) is 4.00. The van der Waals surface area contributed by atoms with Gasteiger partial charge in [-0.05, 0) is 30.5 Å². The number of aryl methyl sites for hydroxylation is 2. The first-order valence-electron chi connectivity index (χ1n) is 4.80. The normalized spacial score (nSPS) is 9.93. The van der Waals surface area contributed by atoms with Gasteiger partial charge in [0.25, 0.3) is 0 Å². The van der Waals surface area contributed by atoms with E-state index in [1.165, 1.54) is 16.7 Å². The zero-order valence-electron chi connectivity index (χ0n) is 8.86. The van der Waals surface area contributed by atoms with Crippen molar-refractivity contribution in [3.8, 4) is 23.6 Å². The van der Waals surface area contributed by atoms with Gasteiger partial charge in [-0.2, -0.15) is 0 Å². The standard InChI is InChI=1S/C7H6.C6H6N2/c1-5-4-6-2-3-7(5)6;1-3-8-5-4-7-6(8)2/h2-4H,1H3;1,4-5H,2H3. The Kier molecular flexibility index (Phi) is 2.31. The molecule has 2 nitrogen and oxygen atoms in total. The van der Waals surface area contributed by atoms with Gasteiger partial charge >= 0.3 is 0 Å². The largest absolute Gasteiger partial charge is 0.263 e. The first-order valence-corrected chi connectivity index (χ1v) is 4.80. The van der Waals surface area contributed by atoms with Gasteiger partial charge in [-0.15, -0.1) is 0 Å². The maximum Gasteiger partial charge on any atom is 0.117 e. The summed E-state index contributed by atoms with van der Waals surface area (Å²) in [7, 11) is 0. The molecule has 3 rings (SSSR count). The minimum atomic E-state index is 0.854. The molecule has 1 heterocycles. The molecule has 15 heavy (non-hydrogen) atoms. The maximum absolute atomic E-state index is 5.07. The van der Waals surface area contributed by atoms with Crippen molar-refractivity contribution in [3.63, 3.8) is 0 Å². The number of hydrogen-bond acceptors (Lipinski definition) is 1. The van der Waals surface area contributed by atoms with Crippen LogP contribution >= 0.6 is 0 Å². The minimum absolute atomic E-state index is 0.854. The third kappa shape index (κ3) is 1.64. The van der Waals surface area contributed by atoms with Crippen LogP contribution in [0.1, 0.15) is 11.4 Å². The van der Waals surface area contributed by atoms with Crippen molar-refractivity contribution in [2.75, 3.05) is 0 Å². The summed E-state index contributed by atoms with van der Waals surface area (Å²) in [4.78, 5) is 3.91. The molecule has 0 fully saturated rings. The molecule has 0 amide bonds. The molecule has 2 aliphatic rings. The van der Waals surface area contributed by atoms with Gasteiger partial charge in [-0.3, -0.25) is 4.57 Å². The lowest BCUT2D eigenvalue weighted by molar-refractivity contribution is 1.01. The molecule has 2 aliphatic carbocycles. The molecule has 0 radical (unpaired) electrons. The number of hydrogen-bond donors (Lipinski definition) is 0. The molecule has 0 N–H and O–H groups in total. The van der Waals surface area contributed by atoms with Crippen LogP contribution < -0.4 is 0 Å². The zero-order valence-corrected chi connectivity index (χ0v) is 8.86. The van der Waals surface area contributed by atoms with Crippen LogP contribution in [0.2, 0.25) is 0 Å². The van der Waals surface area contributed by atoms with Crippen LogP contribution in [0, 0.1) is 26.3 Å². The number of rotatable bonds is 0. The average Bonchev–Trinajstić information content (AvgIpc) is 2.60. The third-order valence-electron chi connectivity index (χ3n) is 2.50. The summed E-state index contributed by atoms with van der Waals surface area (Å²) < 4.78 is 1.62. The summed E-state index contributed by atoms with van der Waals surface area (Å²) in [6.07, 6.45) is 8.49. The first kappa shape index (κ1) is 9.54. The fourth-order valence-electron chi connectivity index (χ4n) is 1.50. The van der Waals surface area contributed by atoms with Gasteiger partial charge in [-0.1, -0.05) is 24.6 Å². The van der Waals surface area contributed by atoms with Crippen LogP contribution in [0.25, 0.3) is 11.1 Å². The van der Waals surface area contributed by atoms with Crippen LogP contribution in [0.15, 0.2) is 30.6 Å². The molecule has 1 aromatic rings. The van der Waals surface area contributed by atoms with Gasteiger partial charge in [0.1, 0.15) is 5.82 Å². The van der Waals surface area contributed by atoms with Crippen LogP contribution in [-0.4, -0.2) is 9.55 Å². The van der Waals surface area contributed by atoms with Gasteiger partial charge < -0.3 is 0 Å². The summed E-state index contributed by atoms with van der Waals surface area (Å²) in [5, 5.41) is 0. The van der Waals surface area contributed by atoms with Crippen molar-refractivity contribution in [1.29, 1.82) is 0 Å². The van der Waals surface area contributed by atoms with Gasteiger partial charge in [0.05, 0.1) is 0 Å². The monoisotopic (exact) mass is 196 g/mol. The van der Waals surface area contributed by atoms with E-state index in [0.29, 0.717) is 0 Å². The van der Waals surface area contributed by atoms with E-state index in [1.54, 1.807) is 17.0 Å². The summed E-state index contributed by atoms with van der Waals surface area (Å²) in [5.74, 6) is 0.854. The predicted molar refractivity (Wildman–Crippen MR) is 61.4 cm³/mol. The topological polar surface area (TPSA) is 17.8 Å². The second-order valence-electron chi connectivity index (χ2n) is 3.50. The Morgan fingerprint density at radius 2 is 2.13 bits per heavy atom. The van der Waals surface area contributed by atoms with Crippen molar-refractivity contribution >= 4 is 0 Å². The Balaban J connectivity index is 0.000000114. The molecule has 0 saturated heterocycles. The highest BCUT2D eigenvalue weighted by atomic mass is 15.0. The molecule has 0 bridgehead atoms. The van der Waals surface area contributed by atoms with Crippen molar-refractivity contribution in [3.05, 3.63) is 42.0 Å². The molecule has 0 atom stereocenters. The highest BCUT2D eigenvalue weighted by Gasteiger charge is 2.10. The number of fused-ring (bicyclic) bond motifs is 1. The molecule has 74 valence electrons. The lowest BCUT2D eigenvalue weighted by atomic mass is 9.88. The maximum atomic E-state index is 5.07. The van der Waals surface area contributed by atoms with E-state index in [1.807, 2.05) is 6.92 Å². The SMILES string of the molecule is C#Cn1ccnc1C.Cc1cc2ccc1-2. The first-order chi connectivity index (χ1) is 7.22. The zero-order chi connectivity index (χ0) is 10.8. The Bertz CT molecular complexity index is 530. The molecule has 1 aromatic heterocycles. The molecule has 0 aliphatic heterocycles. The minimum Gasteiger partial charge on any atom is -0.263 e. The second-order valence-corrected chi connectivity index (χ2v) is 3.50. The smallest absolute Gasteiger partial charge is 0.117 e. The Hall–Kier alpha value is -2.01. The summed E-state index contributed by atoms with van der Waals surface area (Å²) >= 11 is 0. The van der Waals surface area contributed by atoms with Crippen LogP contribution in [-0.2, 0) is 0 Å². The summed E-state index contributed by atoms with van der Waals surface area (Å²) in [5.41, 5.74) is 4.36. The van der Waals surface area contributed by atoms with E-state index in [2.05, 4.69) is 36.2 Å². The molecule has 0 aromatic carbocycles. The molecule has 2 heteroatoms. The van der Waals surface area contributed by atoms with E-state index in [4.69, 9.17) is 6.42 Å². The number of benzene rings is 1. The molecule has 0 spiro atoms. The number of aromatic nitrogens is 2. The van der Waals surface area contributed by atoms with Gasteiger partial charge in [0.2, 0.25) is 0 Å². The van der Waals surface area contributed by atoms with Crippen LogP contribution in [0.5, 0.6) is 0 Å². The third-order valence-corrected chi connectivity index (χ3v) is 2.50. The Labute approximate surface area is 89.6 Å². The van der Waals surface area contributed by atoms with E-state index < -0.39 is 0 Å². The fourth-order valence-corrected chi connectivity index (χ4v) is 1.50. The van der Waals surface area contributed by atoms with Crippen molar-refractivity contribution < 1.29 is 0 Å². The Morgan fingerprint density at radius 3 is 2.27 bits per heavy atom. The quantitative estimate of drug-likeness (QED) is 0.505. The van der Waals surface area contributed by atoms with Gasteiger partial charge in [0, 0.05) is 18.4 Å². The summed E-state index contributed by atoms with van der Waals surface area (Å²) in [6, 6.07) is 8.93. The fraction of sp³-hybridized carbons (Fsp3) is 0.154. The predicted octanol–water partition coefficient (Wildman–Crippen LogP) is 2.61. The number of nitrogens with zero attached hydrogens (tertiary/aromatic N) is 2. The van der Waals surface area contributed by atoms with E-state index in [-0.39, 0.29) is 0 Å². The van der Waals surface area contributed by atoms with E-state index in [0.717, 1.165) is 5.82 Å². The molecule has 0 saturated carbocycles. The van der Waals surface area contributed by atoms with E-state index in [9.17, 15) is 0 Å². The number of imidazole rings is 1. The lowest BCUT2D eigenvalue weighted by Gasteiger charge is -2.17.